The molecule has 0 unspecified atom stereocenters. The maximum absolute atomic E-state index is 13.1. The summed E-state index contributed by atoms with van der Waals surface area (Å²) >= 11 is 1.80. The number of hydrogen-bond acceptors (Lipinski definition) is 5. The van der Waals surface area contributed by atoms with Gasteiger partial charge in [-0.3, -0.25) is 19.7 Å². The minimum atomic E-state index is -0.460. The summed E-state index contributed by atoms with van der Waals surface area (Å²) in [6, 6.07) is 5.83. The van der Waals surface area contributed by atoms with Crippen molar-refractivity contribution in [3.63, 3.8) is 0 Å². The Hall–Kier alpha value is -2.09. The number of carbonyl (C=O) groups is 2. The zero-order valence-corrected chi connectivity index (χ0v) is 18.5. The SMILES string of the molecule is CCCCCCCC(=O)N1CCC2(CC1)SCCN2C(=O)c1ccc([N+](=O)[O-])cc1. The number of carbonyl (C=O) groups excluding carboxylic acids is 2. The van der Waals surface area contributed by atoms with Gasteiger partial charge in [-0.1, -0.05) is 32.6 Å². The highest BCUT2D eigenvalue weighted by Crippen LogP contribution is 2.44. The van der Waals surface area contributed by atoms with Gasteiger partial charge in [0, 0.05) is 49.5 Å². The van der Waals surface area contributed by atoms with E-state index in [1.165, 1.54) is 43.5 Å². The number of amides is 2. The van der Waals surface area contributed by atoms with Crippen LogP contribution in [-0.2, 0) is 4.79 Å². The molecule has 0 aromatic heterocycles. The maximum atomic E-state index is 13.1. The molecule has 2 aliphatic heterocycles. The highest BCUT2D eigenvalue weighted by molar-refractivity contribution is 8.00. The van der Waals surface area contributed by atoms with Gasteiger partial charge in [-0.05, 0) is 31.4 Å². The number of non-ortho nitro benzene ring substituents is 1. The second kappa shape index (κ2) is 10.3. The maximum Gasteiger partial charge on any atom is 0.269 e. The van der Waals surface area contributed by atoms with Crippen molar-refractivity contribution in [2.45, 2.75) is 63.2 Å². The van der Waals surface area contributed by atoms with Crippen LogP contribution in [0.25, 0.3) is 0 Å². The van der Waals surface area contributed by atoms with Crippen LogP contribution in [0.1, 0.15) is 68.6 Å². The first-order valence-electron chi connectivity index (χ1n) is 10.9. The number of benzene rings is 1. The summed E-state index contributed by atoms with van der Waals surface area (Å²) in [5.41, 5.74) is 0.464. The highest BCUT2D eigenvalue weighted by Gasteiger charge is 2.47. The number of thioether (sulfide) groups is 1. The molecule has 1 aromatic rings. The lowest BCUT2D eigenvalue weighted by Gasteiger charge is -2.44. The van der Waals surface area contributed by atoms with Crippen LogP contribution in [0.15, 0.2) is 24.3 Å². The minimum Gasteiger partial charge on any atom is -0.342 e. The standard InChI is InChI=1S/C22H31N3O4S/c1-2-3-4-5-6-7-20(26)23-14-12-22(13-15-23)24(16-17-30-22)21(27)18-8-10-19(11-9-18)25(28)29/h8-11H,2-7,12-17H2,1H3. The molecule has 2 heterocycles. The van der Waals surface area contributed by atoms with E-state index in [-0.39, 0.29) is 22.4 Å². The predicted molar refractivity (Wildman–Crippen MR) is 119 cm³/mol. The van der Waals surface area contributed by atoms with Crippen LogP contribution in [0, 0.1) is 10.1 Å². The van der Waals surface area contributed by atoms with Crippen LogP contribution in [-0.4, -0.2) is 56.8 Å². The topological polar surface area (TPSA) is 83.8 Å². The molecule has 3 rings (SSSR count). The van der Waals surface area contributed by atoms with Gasteiger partial charge < -0.3 is 9.80 Å². The van der Waals surface area contributed by atoms with Gasteiger partial charge in [0.25, 0.3) is 11.6 Å². The average Bonchev–Trinajstić information content (AvgIpc) is 3.16. The molecule has 8 heteroatoms. The van der Waals surface area contributed by atoms with Crippen LogP contribution in [0.4, 0.5) is 5.69 Å². The fourth-order valence-electron chi connectivity index (χ4n) is 4.33. The molecule has 1 spiro atoms. The molecule has 164 valence electrons. The van der Waals surface area contributed by atoms with E-state index in [1.54, 1.807) is 11.8 Å². The van der Waals surface area contributed by atoms with Crippen LogP contribution in [0.2, 0.25) is 0 Å². The largest absolute Gasteiger partial charge is 0.342 e. The summed E-state index contributed by atoms with van der Waals surface area (Å²) in [6.07, 6.45) is 7.88. The van der Waals surface area contributed by atoms with Crippen molar-refractivity contribution in [2.75, 3.05) is 25.4 Å². The van der Waals surface area contributed by atoms with Crippen LogP contribution in [0.5, 0.6) is 0 Å². The summed E-state index contributed by atoms with van der Waals surface area (Å²) < 4.78 is 0. The molecule has 0 saturated carbocycles. The van der Waals surface area contributed by atoms with Gasteiger partial charge in [0.2, 0.25) is 5.91 Å². The highest BCUT2D eigenvalue weighted by atomic mass is 32.2. The fourth-order valence-corrected chi connectivity index (χ4v) is 5.79. The zero-order valence-electron chi connectivity index (χ0n) is 17.7. The van der Waals surface area contributed by atoms with Crippen molar-refractivity contribution in [1.82, 2.24) is 9.80 Å². The van der Waals surface area contributed by atoms with Crippen molar-refractivity contribution in [3.8, 4) is 0 Å². The molecular formula is C22H31N3O4S. The molecule has 2 aliphatic rings. The molecule has 0 bridgehead atoms. The lowest BCUT2D eigenvalue weighted by molar-refractivity contribution is -0.384. The molecule has 2 amide bonds. The minimum absolute atomic E-state index is 0.0152. The Morgan fingerprint density at radius 1 is 1.07 bits per heavy atom. The molecule has 0 aliphatic carbocycles. The molecule has 0 N–H and O–H groups in total. The average molecular weight is 434 g/mol. The molecule has 0 radical (unpaired) electrons. The van der Waals surface area contributed by atoms with E-state index in [0.717, 1.165) is 31.4 Å². The molecule has 0 atom stereocenters. The van der Waals surface area contributed by atoms with E-state index in [1.807, 2.05) is 9.80 Å². The van der Waals surface area contributed by atoms with Gasteiger partial charge >= 0.3 is 0 Å². The summed E-state index contributed by atoms with van der Waals surface area (Å²) in [5, 5.41) is 10.9. The van der Waals surface area contributed by atoms with E-state index in [4.69, 9.17) is 0 Å². The van der Waals surface area contributed by atoms with Gasteiger partial charge in [-0.15, -0.1) is 11.8 Å². The second-order valence-corrected chi connectivity index (χ2v) is 9.56. The van der Waals surface area contributed by atoms with Gasteiger partial charge in [-0.25, -0.2) is 0 Å². The number of rotatable bonds is 8. The summed E-state index contributed by atoms with van der Waals surface area (Å²) in [5.74, 6) is 1.03. The Balaban J connectivity index is 1.56. The quantitative estimate of drug-likeness (QED) is 0.343. The van der Waals surface area contributed by atoms with E-state index in [2.05, 4.69) is 6.92 Å². The van der Waals surface area contributed by atoms with E-state index < -0.39 is 4.92 Å². The fraction of sp³-hybridized carbons (Fsp3) is 0.636. The van der Waals surface area contributed by atoms with Crippen molar-refractivity contribution in [1.29, 1.82) is 0 Å². The van der Waals surface area contributed by atoms with Crippen molar-refractivity contribution in [3.05, 3.63) is 39.9 Å². The first-order valence-corrected chi connectivity index (χ1v) is 11.9. The summed E-state index contributed by atoms with van der Waals surface area (Å²) in [7, 11) is 0. The van der Waals surface area contributed by atoms with E-state index >= 15 is 0 Å². The van der Waals surface area contributed by atoms with Crippen LogP contribution >= 0.6 is 11.8 Å². The Kier molecular flexibility index (Phi) is 7.75. The van der Waals surface area contributed by atoms with Gasteiger partial charge in [0.15, 0.2) is 0 Å². The van der Waals surface area contributed by atoms with Gasteiger partial charge in [0.1, 0.15) is 0 Å². The lowest BCUT2D eigenvalue weighted by atomic mass is 10.00. The Labute approximate surface area is 182 Å². The molecule has 30 heavy (non-hydrogen) atoms. The lowest BCUT2D eigenvalue weighted by Crippen LogP contribution is -2.53. The number of hydrogen-bond donors (Lipinski definition) is 0. The third-order valence-electron chi connectivity index (χ3n) is 6.14. The first-order chi connectivity index (χ1) is 14.5. The monoisotopic (exact) mass is 433 g/mol. The summed E-state index contributed by atoms with van der Waals surface area (Å²) in [6.45, 7) is 4.23. The summed E-state index contributed by atoms with van der Waals surface area (Å²) in [4.78, 5) is 39.7. The molecular weight excluding hydrogens is 402 g/mol. The predicted octanol–water partition coefficient (Wildman–Crippen LogP) is 4.46. The zero-order chi connectivity index (χ0) is 21.6. The van der Waals surface area contributed by atoms with Crippen LogP contribution in [0.3, 0.4) is 0 Å². The third kappa shape index (κ3) is 5.14. The normalized spacial score (nSPS) is 18.0. The second-order valence-electron chi connectivity index (χ2n) is 8.10. The van der Waals surface area contributed by atoms with Gasteiger partial charge in [-0.2, -0.15) is 0 Å². The smallest absolute Gasteiger partial charge is 0.269 e. The number of unbranched alkanes of at least 4 members (excludes halogenated alkanes) is 4. The molecule has 7 nitrogen and oxygen atoms in total. The molecule has 2 saturated heterocycles. The third-order valence-corrected chi connectivity index (χ3v) is 7.69. The van der Waals surface area contributed by atoms with E-state index in [0.29, 0.717) is 31.6 Å². The Morgan fingerprint density at radius 2 is 1.73 bits per heavy atom. The van der Waals surface area contributed by atoms with Crippen LogP contribution < -0.4 is 0 Å². The Bertz CT molecular complexity index is 760. The first kappa shape index (κ1) is 22.6. The number of nitro groups is 1. The number of nitro benzene ring substituents is 1. The van der Waals surface area contributed by atoms with E-state index in [9.17, 15) is 19.7 Å². The molecule has 2 fully saturated rings. The van der Waals surface area contributed by atoms with Crippen molar-refractivity contribution in [2.24, 2.45) is 0 Å². The number of piperidine rings is 1. The Morgan fingerprint density at radius 3 is 2.37 bits per heavy atom. The van der Waals surface area contributed by atoms with Crippen molar-refractivity contribution >= 4 is 29.3 Å². The number of nitrogens with zero attached hydrogens (tertiary/aromatic N) is 3. The van der Waals surface area contributed by atoms with Crippen molar-refractivity contribution < 1.29 is 14.5 Å². The van der Waals surface area contributed by atoms with Gasteiger partial charge in [0.05, 0.1) is 9.79 Å². The molecule has 1 aromatic carbocycles. The number of likely N-dealkylation sites (tertiary alicyclic amines) is 1.